The molecule has 0 aliphatic heterocycles. The third-order valence-corrected chi connectivity index (χ3v) is 3.37. The molecule has 0 aliphatic carbocycles. The highest BCUT2D eigenvalue weighted by molar-refractivity contribution is 14.1. The predicted molar refractivity (Wildman–Crippen MR) is 80.0 cm³/mol. The second-order valence-corrected chi connectivity index (χ2v) is 5.75. The molecule has 1 unspecified atom stereocenters. The number of benzene rings is 1. The van der Waals surface area contributed by atoms with Crippen LogP contribution in [0.2, 0.25) is 0 Å². The van der Waals surface area contributed by atoms with Gasteiger partial charge in [-0.05, 0) is 65.3 Å². The summed E-state index contributed by atoms with van der Waals surface area (Å²) in [6.45, 7) is 2.96. The summed E-state index contributed by atoms with van der Waals surface area (Å²) in [6, 6.07) is 11.0. The van der Waals surface area contributed by atoms with E-state index in [0.717, 1.165) is 13.0 Å². The van der Waals surface area contributed by atoms with Crippen molar-refractivity contribution in [2.24, 2.45) is 5.73 Å². The van der Waals surface area contributed by atoms with Gasteiger partial charge in [0.2, 0.25) is 0 Å². The predicted octanol–water partition coefficient (Wildman–Crippen LogP) is 3.03. The van der Waals surface area contributed by atoms with Crippen LogP contribution in [-0.4, -0.2) is 10.6 Å². The third kappa shape index (κ3) is 3.85. The van der Waals surface area contributed by atoms with Crippen LogP contribution in [-0.2, 0) is 13.0 Å². The number of rotatable bonds is 4. The van der Waals surface area contributed by atoms with E-state index >= 15 is 0 Å². The number of halogens is 1. The van der Waals surface area contributed by atoms with E-state index in [1.807, 2.05) is 6.92 Å². The van der Waals surface area contributed by atoms with Crippen LogP contribution in [0.25, 0.3) is 0 Å². The van der Waals surface area contributed by atoms with Gasteiger partial charge in [-0.25, -0.2) is 0 Å². The Morgan fingerprint density at radius 3 is 2.53 bits per heavy atom. The van der Waals surface area contributed by atoms with Gasteiger partial charge in [0, 0.05) is 28.6 Å². The first-order valence-corrected chi connectivity index (χ1v) is 6.86. The molecular weight excluding hydrogens is 323 g/mol. The number of hydrogen-bond acceptors (Lipinski definition) is 1. The summed E-state index contributed by atoms with van der Waals surface area (Å²) in [4.78, 5) is 0. The molecule has 0 fully saturated rings. The number of hydrogen-bond donors (Lipinski definition) is 1. The van der Waals surface area contributed by atoms with Crippen molar-refractivity contribution in [2.45, 2.75) is 25.9 Å². The van der Waals surface area contributed by atoms with Crippen molar-refractivity contribution in [2.75, 3.05) is 0 Å². The van der Waals surface area contributed by atoms with Crippen LogP contribution < -0.4 is 5.73 Å². The maximum Gasteiger partial charge on any atom is 0.0470 e. The first-order valence-electron chi connectivity index (χ1n) is 5.78. The molecule has 0 saturated heterocycles. The molecule has 1 aromatic carbocycles. The summed E-state index contributed by atoms with van der Waals surface area (Å²) in [6.07, 6.45) is 5.25. The molecule has 2 rings (SSSR count). The molecule has 0 radical (unpaired) electrons. The van der Waals surface area contributed by atoms with Crippen LogP contribution in [0.1, 0.15) is 18.1 Å². The minimum Gasteiger partial charge on any atom is -0.350 e. The second-order valence-electron chi connectivity index (χ2n) is 4.50. The molecule has 2 aromatic rings. The lowest BCUT2D eigenvalue weighted by molar-refractivity contribution is 0.732. The summed E-state index contributed by atoms with van der Waals surface area (Å²) in [5.74, 6) is 0. The largest absolute Gasteiger partial charge is 0.350 e. The van der Waals surface area contributed by atoms with Crippen molar-refractivity contribution in [3.8, 4) is 0 Å². The molecular formula is C14H17IN2. The van der Waals surface area contributed by atoms with E-state index in [0.29, 0.717) is 0 Å². The van der Waals surface area contributed by atoms with E-state index < -0.39 is 0 Å². The van der Waals surface area contributed by atoms with E-state index in [1.54, 1.807) is 0 Å². The van der Waals surface area contributed by atoms with Gasteiger partial charge in [-0.1, -0.05) is 12.1 Å². The van der Waals surface area contributed by atoms with Crippen LogP contribution >= 0.6 is 22.6 Å². The lowest BCUT2D eigenvalue weighted by Crippen LogP contribution is -2.17. The van der Waals surface area contributed by atoms with Gasteiger partial charge < -0.3 is 10.3 Å². The molecule has 2 N–H and O–H groups in total. The SMILES string of the molecule is CC(N)Cc1ccn(Cc2ccc(I)cc2)c1. The molecule has 0 spiro atoms. The summed E-state index contributed by atoms with van der Waals surface area (Å²) in [5, 5.41) is 0. The molecule has 3 heteroatoms. The van der Waals surface area contributed by atoms with Gasteiger partial charge in [0.25, 0.3) is 0 Å². The van der Waals surface area contributed by atoms with Crippen LogP contribution in [0.5, 0.6) is 0 Å². The van der Waals surface area contributed by atoms with E-state index in [2.05, 4.69) is 69.9 Å². The van der Waals surface area contributed by atoms with Crippen LogP contribution in [0.4, 0.5) is 0 Å². The summed E-state index contributed by atoms with van der Waals surface area (Å²) in [5.41, 5.74) is 8.43. The molecule has 90 valence electrons. The minimum absolute atomic E-state index is 0.226. The van der Waals surface area contributed by atoms with Gasteiger partial charge in [0.15, 0.2) is 0 Å². The highest BCUT2D eigenvalue weighted by atomic mass is 127. The van der Waals surface area contributed by atoms with E-state index in [4.69, 9.17) is 5.73 Å². The van der Waals surface area contributed by atoms with Gasteiger partial charge >= 0.3 is 0 Å². The molecule has 2 nitrogen and oxygen atoms in total. The number of nitrogens with zero attached hydrogens (tertiary/aromatic N) is 1. The first kappa shape index (κ1) is 12.6. The van der Waals surface area contributed by atoms with Crippen molar-refractivity contribution >= 4 is 22.6 Å². The molecule has 1 aromatic heterocycles. The quantitative estimate of drug-likeness (QED) is 0.853. The van der Waals surface area contributed by atoms with Crippen molar-refractivity contribution in [1.29, 1.82) is 0 Å². The Morgan fingerprint density at radius 2 is 1.88 bits per heavy atom. The van der Waals surface area contributed by atoms with Gasteiger partial charge in [-0.2, -0.15) is 0 Å². The zero-order valence-electron chi connectivity index (χ0n) is 9.94. The fourth-order valence-electron chi connectivity index (χ4n) is 1.88. The van der Waals surface area contributed by atoms with Gasteiger partial charge in [0.05, 0.1) is 0 Å². The highest BCUT2D eigenvalue weighted by Gasteiger charge is 2.01. The molecule has 0 aliphatic rings. The highest BCUT2D eigenvalue weighted by Crippen LogP contribution is 2.10. The zero-order chi connectivity index (χ0) is 12.3. The van der Waals surface area contributed by atoms with Crippen molar-refractivity contribution in [3.05, 3.63) is 57.4 Å². The first-order chi connectivity index (χ1) is 8.13. The normalized spacial score (nSPS) is 12.6. The number of aromatic nitrogens is 1. The number of nitrogens with two attached hydrogens (primary N) is 1. The zero-order valence-corrected chi connectivity index (χ0v) is 12.1. The summed E-state index contributed by atoms with van der Waals surface area (Å²) in [7, 11) is 0. The lowest BCUT2D eigenvalue weighted by Gasteiger charge is -2.04. The van der Waals surface area contributed by atoms with Crippen molar-refractivity contribution in [1.82, 2.24) is 4.57 Å². The lowest BCUT2D eigenvalue weighted by atomic mass is 10.1. The molecule has 0 bridgehead atoms. The minimum atomic E-state index is 0.226. The fourth-order valence-corrected chi connectivity index (χ4v) is 2.24. The van der Waals surface area contributed by atoms with Crippen molar-refractivity contribution in [3.63, 3.8) is 0 Å². The van der Waals surface area contributed by atoms with E-state index in [-0.39, 0.29) is 6.04 Å². The van der Waals surface area contributed by atoms with Gasteiger partial charge in [0.1, 0.15) is 0 Å². The molecule has 0 amide bonds. The maximum absolute atomic E-state index is 5.79. The third-order valence-electron chi connectivity index (χ3n) is 2.65. The molecule has 17 heavy (non-hydrogen) atoms. The Balaban J connectivity index is 2.03. The average molecular weight is 340 g/mol. The Labute approximate surface area is 116 Å². The monoisotopic (exact) mass is 340 g/mol. The Kier molecular flexibility index (Phi) is 4.23. The average Bonchev–Trinajstić information content (AvgIpc) is 2.68. The Hall–Kier alpha value is -0.810. The standard InChI is InChI=1S/C14H17IN2/c1-11(16)8-13-6-7-17(10-13)9-12-2-4-14(15)5-3-12/h2-7,10-11H,8-9,16H2,1H3. The molecule has 1 atom stereocenters. The Bertz CT molecular complexity index is 471. The van der Waals surface area contributed by atoms with Gasteiger partial charge in [-0.3, -0.25) is 0 Å². The van der Waals surface area contributed by atoms with Crippen LogP contribution in [0.15, 0.2) is 42.7 Å². The Morgan fingerprint density at radius 1 is 1.18 bits per heavy atom. The second kappa shape index (κ2) is 5.69. The fraction of sp³-hybridized carbons (Fsp3) is 0.286. The molecule has 0 saturated carbocycles. The van der Waals surface area contributed by atoms with E-state index in [1.165, 1.54) is 14.7 Å². The molecule has 1 heterocycles. The van der Waals surface area contributed by atoms with Crippen molar-refractivity contribution < 1.29 is 0 Å². The van der Waals surface area contributed by atoms with E-state index in [9.17, 15) is 0 Å². The van der Waals surface area contributed by atoms with Gasteiger partial charge in [-0.15, -0.1) is 0 Å². The van der Waals surface area contributed by atoms with Crippen LogP contribution in [0.3, 0.4) is 0 Å². The summed E-state index contributed by atoms with van der Waals surface area (Å²) < 4.78 is 3.48. The summed E-state index contributed by atoms with van der Waals surface area (Å²) >= 11 is 2.32. The maximum atomic E-state index is 5.79. The topological polar surface area (TPSA) is 30.9 Å². The smallest absolute Gasteiger partial charge is 0.0470 e. The van der Waals surface area contributed by atoms with Crippen LogP contribution in [0, 0.1) is 3.57 Å².